The highest BCUT2D eigenvalue weighted by molar-refractivity contribution is 7.85. The first-order chi connectivity index (χ1) is 18.5. The van der Waals surface area contributed by atoms with Crippen LogP contribution >= 0.6 is 46.4 Å². The molecule has 0 spiro atoms. The van der Waals surface area contributed by atoms with Crippen LogP contribution < -0.4 is 15.4 Å². The number of benzene rings is 4. The van der Waals surface area contributed by atoms with Crippen LogP contribution in [0.2, 0.25) is 20.1 Å². The Hall–Kier alpha value is -3.07. The smallest absolute Gasteiger partial charge is 0.326 e. The lowest BCUT2D eigenvalue weighted by Gasteiger charge is -2.16. The molecule has 0 aliphatic heterocycles. The largest absolute Gasteiger partial charge is 0.457 e. The van der Waals surface area contributed by atoms with Gasteiger partial charge in [-0.05, 0) is 86.1 Å². The fourth-order valence-electron chi connectivity index (χ4n) is 3.61. The summed E-state index contributed by atoms with van der Waals surface area (Å²) in [6, 6.07) is 18.9. The molecule has 1 atom stereocenters. The van der Waals surface area contributed by atoms with Gasteiger partial charge in [0.1, 0.15) is 11.5 Å². The zero-order valence-corrected chi connectivity index (χ0v) is 24.3. The predicted molar refractivity (Wildman–Crippen MR) is 157 cm³/mol. The number of amides is 3. The summed E-state index contributed by atoms with van der Waals surface area (Å²) in [5.74, 6) is 0.242. The number of aryl methyl sites for hydroxylation is 1. The molecule has 4 aromatic rings. The zero-order chi connectivity index (χ0) is 28.3. The third-order valence-corrected chi connectivity index (χ3v) is 8.64. The van der Waals surface area contributed by atoms with E-state index in [2.05, 4.69) is 10.6 Å². The third kappa shape index (κ3) is 6.75. The molecular formula is C28H20Cl4N2O4S. The monoisotopic (exact) mass is 620 g/mol. The number of imide groups is 1. The van der Waals surface area contributed by atoms with E-state index in [9.17, 15) is 13.8 Å². The van der Waals surface area contributed by atoms with Gasteiger partial charge in [0.15, 0.2) is 0 Å². The number of hydrogen-bond acceptors (Lipinski definition) is 4. The topological polar surface area (TPSA) is 84.5 Å². The maximum atomic E-state index is 13.2. The van der Waals surface area contributed by atoms with Crippen molar-refractivity contribution in [3.63, 3.8) is 0 Å². The van der Waals surface area contributed by atoms with E-state index in [0.29, 0.717) is 48.1 Å². The van der Waals surface area contributed by atoms with Crippen molar-refractivity contribution in [2.75, 3.05) is 5.32 Å². The van der Waals surface area contributed by atoms with Gasteiger partial charge in [0.2, 0.25) is 0 Å². The van der Waals surface area contributed by atoms with Gasteiger partial charge < -0.3 is 10.1 Å². The average molecular weight is 622 g/mol. The van der Waals surface area contributed by atoms with Gasteiger partial charge in [-0.2, -0.15) is 0 Å². The number of nitrogens with one attached hydrogen (secondary N) is 2. The highest BCUT2D eigenvalue weighted by Gasteiger charge is 2.20. The van der Waals surface area contributed by atoms with Crippen LogP contribution in [0.1, 0.15) is 21.5 Å². The van der Waals surface area contributed by atoms with Crippen molar-refractivity contribution in [2.24, 2.45) is 0 Å². The number of halogens is 4. The van der Waals surface area contributed by atoms with E-state index in [1.54, 1.807) is 67.6 Å². The number of rotatable bonds is 6. The van der Waals surface area contributed by atoms with Crippen molar-refractivity contribution in [1.29, 1.82) is 0 Å². The van der Waals surface area contributed by atoms with Crippen molar-refractivity contribution >= 4 is 74.8 Å². The molecule has 0 aliphatic rings. The molecule has 0 aromatic heterocycles. The Bertz CT molecular complexity index is 1570. The molecule has 0 heterocycles. The standard InChI is InChI=1S/C28H20Cl4N2O4S/c1-15-14-23(16(2)25(32)26(15)39(37)20-12-6-17(29)7-13-20)38-19-10-8-18(9-11-19)33-28(36)34-27(35)24-21(30)4-3-5-22(24)31/h3-14H,1-2H3,(H2,33,34,35,36). The first-order valence-corrected chi connectivity index (χ1v) is 14.0. The van der Waals surface area contributed by atoms with Crippen molar-refractivity contribution in [1.82, 2.24) is 5.32 Å². The molecule has 1 unspecified atom stereocenters. The molecule has 11 heteroatoms. The van der Waals surface area contributed by atoms with Crippen molar-refractivity contribution in [2.45, 2.75) is 23.6 Å². The summed E-state index contributed by atoms with van der Waals surface area (Å²) in [6.07, 6.45) is 0. The number of carbonyl (C=O) groups is 2. The summed E-state index contributed by atoms with van der Waals surface area (Å²) < 4.78 is 19.2. The van der Waals surface area contributed by atoms with Crippen LogP contribution in [0.4, 0.5) is 10.5 Å². The Morgan fingerprint density at radius 1 is 0.846 bits per heavy atom. The number of carbonyl (C=O) groups excluding carboxylic acids is 2. The van der Waals surface area contributed by atoms with E-state index in [1.165, 1.54) is 12.1 Å². The molecule has 4 rings (SSSR count). The molecule has 2 N–H and O–H groups in total. The van der Waals surface area contributed by atoms with Gasteiger partial charge in [0.25, 0.3) is 5.91 Å². The van der Waals surface area contributed by atoms with Gasteiger partial charge in [0.05, 0.1) is 36.3 Å². The maximum absolute atomic E-state index is 13.2. The van der Waals surface area contributed by atoms with E-state index in [1.807, 2.05) is 6.92 Å². The average Bonchev–Trinajstić information content (AvgIpc) is 2.88. The van der Waals surface area contributed by atoms with Gasteiger partial charge in [-0.1, -0.05) is 52.5 Å². The highest BCUT2D eigenvalue weighted by atomic mass is 35.5. The second-order valence-electron chi connectivity index (χ2n) is 8.31. The molecule has 3 amide bonds. The van der Waals surface area contributed by atoms with Gasteiger partial charge in [-0.3, -0.25) is 10.1 Å². The molecule has 39 heavy (non-hydrogen) atoms. The lowest BCUT2D eigenvalue weighted by molar-refractivity contribution is 0.0967. The highest BCUT2D eigenvalue weighted by Crippen LogP contribution is 2.38. The Morgan fingerprint density at radius 2 is 1.46 bits per heavy atom. The minimum Gasteiger partial charge on any atom is -0.457 e. The maximum Gasteiger partial charge on any atom is 0.326 e. The summed E-state index contributed by atoms with van der Waals surface area (Å²) in [5, 5.41) is 5.91. The summed E-state index contributed by atoms with van der Waals surface area (Å²) in [5.41, 5.74) is 1.75. The predicted octanol–water partition coefficient (Wildman–Crippen LogP) is 8.84. The molecule has 0 saturated heterocycles. The third-order valence-electron chi connectivity index (χ3n) is 5.57. The minimum absolute atomic E-state index is 0.00655. The SMILES string of the molecule is Cc1cc(Oc2ccc(NC(=O)NC(=O)c3c(Cl)cccc3Cl)cc2)c(C)c(Cl)c1S(=O)c1ccc(Cl)cc1. The van der Waals surface area contributed by atoms with Crippen LogP contribution in [0.3, 0.4) is 0 Å². The van der Waals surface area contributed by atoms with Crippen LogP contribution in [-0.4, -0.2) is 16.1 Å². The Kier molecular flexibility index (Phi) is 9.20. The Balaban J connectivity index is 1.45. The molecule has 4 aromatic carbocycles. The summed E-state index contributed by atoms with van der Waals surface area (Å²) in [6.45, 7) is 3.59. The van der Waals surface area contributed by atoms with Crippen molar-refractivity contribution in [3.05, 3.63) is 110 Å². The minimum atomic E-state index is -1.50. The van der Waals surface area contributed by atoms with Gasteiger partial charge in [-0.25, -0.2) is 9.00 Å². The first-order valence-electron chi connectivity index (χ1n) is 11.4. The Morgan fingerprint density at radius 3 is 2.08 bits per heavy atom. The number of anilines is 1. The summed E-state index contributed by atoms with van der Waals surface area (Å²) in [7, 11) is -1.50. The normalized spacial score (nSPS) is 11.5. The van der Waals surface area contributed by atoms with Crippen LogP contribution in [0, 0.1) is 13.8 Å². The molecule has 6 nitrogen and oxygen atoms in total. The van der Waals surface area contributed by atoms with E-state index >= 15 is 0 Å². The fraction of sp³-hybridized carbons (Fsp3) is 0.0714. The quantitative estimate of drug-likeness (QED) is 0.225. The Labute approximate surface area is 247 Å². The molecule has 0 saturated carbocycles. The summed E-state index contributed by atoms with van der Waals surface area (Å²) >= 11 is 24.6. The van der Waals surface area contributed by atoms with Crippen molar-refractivity contribution < 1.29 is 18.5 Å². The van der Waals surface area contributed by atoms with E-state index in [4.69, 9.17) is 51.1 Å². The number of hydrogen-bond donors (Lipinski definition) is 2. The van der Waals surface area contributed by atoms with E-state index < -0.39 is 22.7 Å². The number of urea groups is 1. The van der Waals surface area contributed by atoms with Gasteiger partial charge in [0, 0.05) is 21.2 Å². The zero-order valence-electron chi connectivity index (χ0n) is 20.5. The van der Waals surface area contributed by atoms with Crippen LogP contribution in [-0.2, 0) is 10.8 Å². The van der Waals surface area contributed by atoms with Gasteiger partial charge in [-0.15, -0.1) is 0 Å². The first kappa shape index (κ1) is 28.9. The fourth-order valence-corrected chi connectivity index (χ4v) is 6.04. The molecule has 0 aliphatic carbocycles. The molecule has 0 fully saturated rings. The molecule has 0 radical (unpaired) electrons. The van der Waals surface area contributed by atoms with Crippen LogP contribution in [0.5, 0.6) is 11.5 Å². The lowest BCUT2D eigenvalue weighted by Crippen LogP contribution is -2.34. The van der Waals surface area contributed by atoms with Crippen LogP contribution in [0.15, 0.2) is 82.6 Å². The van der Waals surface area contributed by atoms with E-state index in [-0.39, 0.29) is 15.6 Å². The van der Waals surface area contributed by atoms with Crippen LogP contribution in [0.25, 0.3) is 0 Å². The second-order valence-corrected chi connectivity index (χ2v) is 11.4. The number of ether oxygens (including phenoxy) is 1. The van der Waals surface area contributed by atoms with E-state index in [0.717, 1.165) is 0 Å². The summed E-state index contributed by atoms with van der Waals surface area (Å²) in [4.78, 5) is 25.8. The van der Waals surface area contributed by atoms with Gasteiger partial charge >= 0.3 is 6.03 Å². The molecule has 200 valence electrons. The lowest BCUT2D eigenvalue weighted by atomic mass is 10.1. The second kappa shape index (κ2) is 12.4. The van der Waals surface area contributed by atoms with Crippen molar-refractivity contribution in [3.8, 4) is 11.5 Å². The molecule has 0 bridgehead atoms. The molecular weight excluding hydrogens is 602 g/mol.